The van der Waals surface area contributed by atoms with Crippen molar-refractivity contribution in [2.45, 2.75) is 37.6 Å². The maximum atomic E-state index is 4.60. The van der Waals surface area contributed by atoms with Crippen LogP contribution in [-0.4, -0.2) is 15.7 Å². The van der Waals surface area contributed by atoms with Crippen LogP contribution in [0.5, 0.6) is 0 Å². The first-order chi connectivity index (χ1) is 11.3. The predicted octanol–water partition coefficient (Wildman–Crippen LogP) is 5.15. The SMILES string of the molecule is C[C@H]1CCc2c(sc3ncnc(SCCc4ccccc4)c23)C1. The summed E-state index contributed by atoms with van der Waals surface area (Å²) in [5, 5.41) is 2.52. The van der Waals surface area contributed by atoms with Crippen LogP contribution in [-0.2, 0) is 19.3 Å². The third kappa shape index (κ3) is 3.15. The monoisotopic (exact) mass is 340 g/mol. The number of nitrogens with zero attached hydrogens (tertiary/aromatic N) is 2. The highest BCUT2D eigenvalue weighted by Crippen LogP contribution is 2.40. The fourth-order valence-corrected chi connectivity index (χ4v) is 5.70. The lowest BCUT2D eigenvalue weighted by Gasteiger charge is -2.18. The van der Waals surface area contributed by atoms with Crippen LogP contribution < -0.4 is 0 Å². The van der Waals surface area contributed by atoms with Crippen LogP contribution in [0.25, 0.3) is 10.2 Å². The Morgan fingerprint density at radius 3 is 2.96 bits per heavy atom. The second kappa shape index (κ2) is 6.62. The van der Waals surface area contributed by atoms with Crippen LogP contribution in [0.2, 0.25) is 0 Å². The molecular weight excluding hydrogens is 320 g/mol. The molecule has 0 saturated heterocycles. The maximum Gasteiger partial charge on any atom is 0.128 e. The Hall–Kier alpha value is -1.39. The average molecular weight is 341 g/mol. The average Bonchev–Trinajstić information content (AvgIpc) is 2.94. The summed E-state index contributed by atoms with van der Waals surface area (Å²) in [4.78, 5) is 11.9. The lowest BCUT2D eigenvalue weighted by Crippen LogP contribution is -2.08. The first-order valence-corrected chi connectivity index (χ1v) is 10.0. The third-order valence-corrected chi connectivity index (χ3v) is 6.68. The molecule has 0 spiro atoms. The molecule has 0 unspecified atom stereocenters. The Kier molecular flexibility index (Phi) is 4.36. The van der Waals surface area contributed by atoms with Crippen molar-refractivity contribution in [2.24, 2.45) is 5.92 Å². The van der Waals surface area contributed by atoms with E-state index in [0.717, 1.165) is 18.1 Å². The number of rotatable bonds is 4. The molecule has 3 aromatic rings. The number of hydrogen-bond donors (Lipinski definition) is 0. The molecule has 1 aromatic carbocycles. The minimum absolute atomic E-state index is 0.803. The van der Waals surface area contributed by atoms with Crippen LogP contribution in [0.1, 0.15) is 29.3 Å². The second-order valence-electron chi connectivity index (χ2n) is 6.29. The fourth-order valence-electron chi connectivity index (χ4n) is 3.27. The smallest absolute Gasteiger partial charge is 0.128 e. The lowest BCUT2D eigenvalue weighted by atomic mass is 9.89. The Bertz CT molecular complexity index is 811. The Labute approximate surface area is 145 Å². The van der Waals surface area contributed by atoms with Crippen molar-refractivity contribution >= 4 is 33.3 Å². The van der Waals surface area contributed by atoms with Crippen molar-refractivity contribution in [2.75, 3.05) is 5.75 Å². The summed E-state index contributed by atoms with van der Waals surface area (Å²) in [6, 6.07) is 10.7. The van der Waals surface area contributed by atoms with Gasteiger partial charge in [0.05, 0.1) is 0 Å². The number of aromatic nitrogens is 2. The summed E-state index contributed by atoms with van der Waals surface area (Å²) in [6.45, 7) is 2.36. The summed E-state index contributed by atoms with van der Waals surface area (Å²) >= 11 is 3.76. The molecule has 4 rings (SSSR count). The first kappa shape index (κ1) is 15.2. The van der Waals surface area contributed by atoms with Crippen LogP contribution in [0.15, 0.2) is 41.7 Å². The molecule has 2 nitrogen and oxygen atoms in total. The molecule has 2 heterocycles. The van der Waals surface area contributed by atoms with Crippen LogP contribution >= 0.6 is 23.1 Å². The third-order valence-electron chi connectivity index (χ3n) is 4.53. The molecular formula is C19H20N2S2. The van der Waals surface area contributed by atoms with Crippen molar-refractivity contribution in [1.82, 2.24) is 9.97 Å². The second-order valence-corrected chi connectivity index (χ2v) is 8.46. The topological polar surface area (TPSA) is 25.8 Å². The van der Waals surface area contributed by atoms with E-state index < -0.39 is 0 Å². The quantitative estimate of drug-likeness (QED) is 0.485. The molecule has 23 heavy (non-hydrogen) atoms. The molecule has 0 N–H and O–H groups in total. The van der Waals surface area contributed by atoms with Crippen molar-refractivity contribution in [3.63, 3.8) is 0 Å². The van der Waals surface area contributed by atoms with E-state index in [4.69, 9.17) is 0 Å². The Morgan fingerprint density at radius 2 is 2.09 bits per heavy atom. The summed E-state index contributed by atoms with van der Waals surface area (Å²) in [6.07, 6.45) is 6.52. The van der Waals surface area contributed by atoms with Gasteiger partial charge in [-0.15, -0.1) is 23.1 Å². The molecule has 2 aromatic heterocycles. The van der Waals surface area contributed by atoms with Gasteiger partial charge in [0, 0.05) is 16.0 Å². The van der Waals surface area contributed by atoms with Gasteiger partial charge in [-0.1, -0.05) is 37.3 Å². The number of thiophene rings is 1. The van der Waals surface area contributed by atoms with Gasteiger partial charge in [0.1, 0.15) is 16.2 Å². The number of benzene rings is 1. The van der Waals surface area contributed by atoms with Gasteiger partial charge in [0.15, 0.2) is 0 Å². The highest BCUT2D eigenvalue weighted by atomic mass is 32.2. The minimum atomic E-state index is 0.803. The van der Waals surface area contributed by atoms with Gasteiger partial charge in [0.2, 0.25) is 0 Å². The highest BCUT2D eigenvalue weighted by molar-refractivity contribution is 7.99. The van der Waals surface area contributed by atoms with Gasteiger partial charge in [0.25, 0.3) is 0 Å². The molecule has 1 atom stereocenters. The van der Waals surface area contributed by atoms with Gasteiger partial charge in [-0.25, -0.2) is 9.97 Å². The lowest BCUT2D eigenvalue weighted by molar-refractivity contribution is 0.509. The van der Waals surface area contributed by atoms with Gasteiger partial charge in [-0.2, -0.15) is 0 Å². The summed E-state index contributed by atoms with van der Waals surface area (Å²) in [5.41, 5.74) is 2.93. The van der Waals surface area contributed by atoms with Gasteiger partial charge < -0.3 is 0 Å². The first-order valence-electron chi connectivity index (χ1n) is 8.23. The van der Waals surface area contributed by atoms with E-state index in [1.54, 1.807) is 11.2 Å². The molecule has 0 fully saturated rings. The van der Waals surface area contributed by atoms with E-state index in [9.17, 15) is 0 Å². The molecule has 1 aliphatic carbocycles. The Morgan fingerprint density at radius 1 is 1.22 bits per heavy atom. The van der Waals surface area contributed by atoms with Crippen molar-refractivity contribution in [3.05, 3.63) is 52.7 Å². The highest BCUT2D eigenvalue weighted by Gasteiger charge is 2.22. The molecule has 4 heteroatoms. The standard InChI is InChI=1S/C19H20N2S2/c1-13-7-8-15-16(11-13)23-19-17(15)18(20-12-21-19)22-10-9-14-5-3-2-4-6-14/h2-6,12-13H,7-11H2,1H3/t13-/m0/s1. The van der Waals surface area contributed by atoms with Gasteiger partial charge in [-0.05, 0) is 42.7 Å². The Balaban J connectivity index is 1.57. The fraction of sp³-hybridized carbons (Fsp3) is 0.368. The summed E-state index contributed by atoms with van der Waals surface area (Å²) in [7, 11) is 0. The van der Waals surface area contributed by atoms with Gasteiger partial charge >= 0.3 is 0 Å². The van der Waals surface area contributed by atoms with Crippen LogP contribution in [0.3, 0.4) is 0 Å². The van der Waals surface area contributed by atoms with Crippen molar-refractivity contribution < 1.29 is 0 Å². The van der Waals surface area contributed by atoms with Crippen LogP contribution in [0, 0.1) is 5.92 Å². The van der Waals surface area contributed by atoms with E-state index in [2.05, 4.69) is 47.2 Å². The largest absolute Gasteiger partial charge is 0.229 e. The predicted molar refractivity (Wildman–Crippen MR) is 99.5 cm³/mol. The van der Waals surface area contributed by atoms with E-state index in [1.165, 1.54) is 45.6 Å². The molecule has 0 saturated carbocycles. The van der Waals surface area contributed by atoms with Crippen molar-refractivity contribution in [1.29, 1.82) is 0 Å². The van der Waals surface area contributed by atoms with Crippen LogP contribution in [0.4, 0.5) is 0 Å². The zero-order valence-corrected chi connectivity index (χ0v) is 14.9. The zero-order valence-electron chi connectivity index (χ0n) is 13.3. The molecule has 0 bridgehead atoms. The summed E-state index contributed by atoms with van der Waals surface area (Å²) in [5.74, 6) is 1.87. The molecule has 1 aliphatic rings. The molecule has 118 valence electrons. The van der Waals surface area contributed by atoms with E-state index in [-0.39, 0.29) is 0 Å². The van der Waals surface area contributed by atoms with E-state index >= 15 is 0 Å². The number of fused-ring (bicyclic) bond motifs is 3. The molecule has 0 radical (unpaired) electrons. The number of aryl methyl sites for hydroxylation is 2. The van der Waals surface area contributed by atoms with E-state index in [0.29, 0.717) is 0 Å². The zero-order chi connectivity index (χ0) is 15.6. The van der Waals surface area contributed by atoms with E-state index in [1.807, 2.05) is 23.1 Å². The summed E-state index contributed by atoms with van der Waals surface area (Å²) < 4.78 is 0. The number of thioether (sulfide) groups is 1. The van der Waals surface area contributed by atoms with Gasteiger partial charge in [-0.3, -0.25) is 0 Å². The molecule has 0 aliphatic heterocycles. The number of hydrogen-bond acceptors (Lipinski definition) is 4. The maximum absolute atomic E-state index is 4.60. The molecule has 0 amide bonds. The normalized spacial score (nSPS) is 17.3. The van der Waals surface area contributed by atoms with Crippen molar-refractivity contribution in [3.8, 4) is 0 Å². The minimum Gasteiger partial charge on any atom is -0.229 e.